The van der Waals surface area contributed by atoms with Crippen LogP contribution in [-0.4, -0.2) is 10.8 Å². The first-order valence-corrected chi connectivity index (χ1v) is 5.80. The van der Waals surface area contributed by atoms with Crippen LogP contribution in [0.5, 0.6) is 11.6 Å². The van der Waals surface area contributed by atoms with Gasteiger partial charge < -0.3 is 10.5 Å². The van der Waals surface area contributed by atoms with E-state index in [1.807, 2.05) is 0 Å². The van der Waals surface area contributed by atoms with E-state index in [9.17, 15) is 4.39 Å². The van der Waals surface area contributed by atoms with Gasteiger partial charge in [0.1, 0.15) is 11.5 Å². The average Bonchev–Trinajstić information content (AvgIpc) is 2.34. The third-order valence-electron chi connectivity index (χ3n) is 2.11. The number of hydrogen-bond acceptors (Lipinski definition) is 3. The number of nitrogen functional groups attached to an aromatic ring is 1. The van der Waals surface area contributed by atoms with E-state index in [1.54, 1.807) is 24.3 Å². The van der Waals surface area contributed by atoms with Crippen molar-refractivity contribution in [2.75, 3.05) is 0 Å². The number of hydrogen-bond donors (Lipinski definition) is 2. The molecular formula is C12H9BrFN3O. The van der Waals surface area contributed by atoms with Crippen LogP contribution in [0.2, 0.25) is 0 Å². The van der Waals surface area contributed by atoms with Crippen molar-refractivity contribution >= 4 is 21.8 Å². The highest BCUT2D eigenvalue weighted by molar-refractivity contribution is 9.10. The Morgan fingerprint density at radius 1 is 1.33 bits per heavy atom. The molecule has 2 rings (SSSR count). The fourth-order valence-electron chi connectivity index (χ4n) is 1.29. The largest absolute Gasteiger partial charge is 0.436 e. The molecule has 0 spiro atoms. The molecule has 6 heteroatoms. The number of nitrogens with one attached hydrogen (secondary N) is 1. The van der Waals surface area contributed by atoms with Crippen molar-refractivity contribution in [1.82, 2.24) is 4.98 Å². The molecule has 0 atom stereocenters. The van der Waals surface area contributed by atoms with E-state index in [-0.39, 0.29) is 23.2 Å². The van der Waals surface area contributed by atoms with Crippen molar-refractivity contribution < 1.29 is 9.13 Å². The Hall–Kier alpha value is -1.95. The zero-order valence-electron chi connectivity index (χ0n) is 9.15. The van der Waals surface area contributed by atoms with E-state index in [1.165, 1.54) is 12.1 Å². The minimum atomic E-state index is -0.492. The molecule has 0 saturated carbocycles. The number of pyridine rings is 1. The predicted molar refractivity (Wildman–Crippen MR) is 69.4 cm³/mol. The number of amidine groups is 1. The van der Waals surface area contributed by atoms with E-state index in [4.69, 9.17) is 15.9 Å². The second-order valence-corrected chi connectivity index (χ2v) is 4.37. The molecule has 1 aromatic carbocycles. The minimum Gasteiger partial charge on any atom is -0.436 e. The van der Waals surface area contributed by atoms with Crippen molar-refractivity contribution in [1.29, 1.82) is 5.41 Å². The Labute approximate surface area is 111 Å². The van der Waals surface area contributed by atoms with E-state index < -0.39 is 5.82 Å². The molecule has 0 bridgehead atoms. The average molecular weight is 310 g/mol. The molecular weight excluding hydrogens is 301 g/mol. The molecule has 1 aromatic heterocycles. The third-order valence-corrected chi connectivity index (χ3v) is 2.60. The first-order valence-electron chi connectivity index (χ1n) is 5.00. The standard InChI is InChI=1S/C12H9BrFN3O/c13-7-4-5-8(14)10(6-7)18-11-3-1-2-9(17-11)12(15)16/h1-6H,(H3,15,16). The van der Waals surface area contributed by atoms with Crippen LogP contribution >= 0.6 is 15.9 Å². The van der Waals surface area contributed by atoms with Gasteiger partial charge in [0.2, 0.25) is 5.88 Å². The first kappa shape index (κ1) is 12.5. The van der Waals surface area contributed by atoms with Gasteiger partial charge in [-0.15, -0.1) is 0 Å². The molecule has 0 amide bonds. The maximum absolute atomic E-state index is 13.5. The van der Waals surface area contributed by atoms with Crippen molar-refractivity contribution in [3.63, 3.8) is 0 Å². The molecule has 3 N–H and O–H groups in total. The normalized spacial score (nSPS) is 10.1. The maximum Gasteiger partial charge on any atom is 0.220 e. The Balaban J connectivity index is 2.31. The second-order valence-electron chi connectivity index (χ2n) is 3.45. The van der Waals surface area contributed by atoms with Gasteiger partial charge in [0.15, 0.2) is 11.6 Å². The fraction of sp³-hybridized carbons (Fsp3) is 0. The van der Waals surface area contributed by atoms with Gasteiger partial charge in [-0.1, -0.05) is 22.0 Å². The lowest BCUT2D eigenvalue weighted by atomic mass is 10.3. The van der Waals surface area contributed by atoms with Gasteiger partial charge in [-0.05, 0) is 24.3 Å². The summed E-state index contributed by atoms with van der Waals surface area (Å²) in [6, 6.07) is 9.13. The number of ether oxygens (including phenoxy) is 1. The third kappa shape index (κ3) is 2.84. The molecule has 0 fully saturated rings. The smallest absolute Gasteiger partial charge is 0.220 e. The topological polar surface area (TPSA) is 72.0 Å². The Bertz CT molecular complexity index is 604. The Morgan fingerprint density at radius 3 is 2.83 bits per heavy atom. The monoisotopic (exact) mass is 309 g/mol. The molecule has 0 unspecified atom stereocenters. The molecule has 4 nitrogen and oxygen atoms in total. The summed E-state index contributed by atoms with van der Waals surface area (Å²) in [5.41, 5.74) is 5.59. The molecule has 2 aromatic rings. The van der Waals surface area contributed by atoms with Crippen LogP contribution < -0.4 is 10.5 Å². The van der Waals surface area contributed by atoms with Crippen LogP contribution in [0.4, 0.5) is 4.39 Å². The van der Waals surface area contributed by atoms with Gasteiger partial charge in [-0.2, -0.15) is 0 Å². The van der Waals surface area contributed by atoms with Gasteiger partial charge in [0.05, 0.1) is 0 Å². The number of benzene rings is 1. The molecule has 1 heterocycles. The highest BCUT2D eigenvalue weighted by Crippen LogP contribution is 2.26. The summed E-state index contributed by atoms with van der Waals surface area (Å²) in [5.74, 6) is -0.430. The van der Waals surface area contributed by atoms with Crippen molar-refractivity contribution in [2.24, 2.45) is 5.73 Å². The summed E-state index contributed by atoms with van der Waals surface area (Å²) in [6.45, 7) is 0. The molecule has 0 aliphatic heterocycles. The van der Waals surface area contributed by atoms with Crippen molar-refractivity contribution in [3.8, 4) is 11.6 Å². The lowest BCUT2D eigenvalue weighted by Crippen LogP contribution is -2.13. The van der Waals surface area contributed by atoms with E-state index >= 15 is 0 Å². The summed E-state index contributed by atoms with van der Waals surface area (Å²) in [7, 11) is 0. The van der Waals surface area contributed by atoms with Crippen LogP contribution in [-0.2, 0) is 0 Å². The quantitative estimate of drug-likeness (QED) is 0.676. The number of halogens is 2. The van der Waals surface area contributed by atoms with E-state index in [2.05, 4.69) is 20.9 Å². The summed E-state index contributed by atoms with van der Waals surface area (Å²) in [5, 5.41) is 7.27. The SMILES string of the molecule is N=C(N)c1cccc(Oc2cc(Br)ccc2F)n1. The predicted octanol–water partition coefficient (Wildman–Crippen LogP) is 3.06. The summed E-state index contributed by atoms with van der Waals surface area (Å²) in [6.07, 6.45) is 0. The Kier molecular flexibility index (Phi) is 3.57. The van der Waals surface area contributed by atoms with Gasteiger partial charge in [-0.3, -0.25) is 5.41 Å². The summed E-state index contributed by atoms with van der Waals surface area (Å²) < 4.78 is 19.5. The second kappa shape index (κ2) is 5.14. The van der Waals surface area contributed by atoms with Crippen LogP contribution in [0.25, 0.3) is 0 Å². The molecule has 0 aliphatic carbocycles. The molecule has 92 valence electrons. The van der Waals surface area contributed by atoms with E-state index in [0.717, 1.165) is 0 Å². The molecule has 0 saturated heterocycles. The summed E-state index contributed by atoms with van der Waals surface area (Å²) in [4.78, 5) is 3.98. The maximum atomic E-state index is 13.5. The van der Waals surface area contributed by atoms with Crippen LogP contribution in [0.3, 0.4) is 0 Å². The van der Waals surface area contributed by atoms with Crippen LogP contribution in [0.1, 0.15) is 5.69 Å². The van der Waals surface area contributed by atoms with Crippen LogP contribution in [0, 0.1) is 11.2 Å². The number of rotatable bonds is 3. The van der Waals surface area contributed by atoms with Gasteiger partial charge in [-0.25, -0.2) is 9.37 Å². The molecule has 0 radical (unpaired) electrons. The zero-order valence-corrected chi connectivity index (χ0v) is 10.7. The fourth-order valence-corrected chi connectivity index (χ4v) is 1.63. The lowest BCUT2D eigenvalue weighted by Gasteiger charge is -2.07. The number of nitrogens with zero attached hydrogens (tertiary/aromatic N) is 1. The van der Waals surface area contributed by atoms with Crippen molar-refractivity contribution in [2.45, 2.75) is 0 Å². The number of aromatic nitrogens is 1. The first-order chi connectivity index (χ1) is 8.56. The van der Waals surface area contributed by atoms with Gasteiger partial charge in [0.25, 0.3) is 0 Å². The number of nitrogens with two attached hydrogens (primary N) is 1. The van der Waals surface area contributed by atoms with E-state index in [0.29, 0.717) is 4.47 Å². The molecule has 18 heavy (non-hydrogen) atoms. The van der Waals surface area contributed by atoms with Gasteiger partial charge in [0, 0.05) is 10.5 Å². The highest BCUT2D eigenvalue weighted by Gasteiger charge is 2.07. The summed E-state index contributed by atoms with van der Waals surface area (Å²) >= 11 is 3.23. The van der Waals surface area contributed by atoms with Gasteiger partial charge >= 0.3 is 0 Å². The zero-order chi connectivity index (χ0) is 13.1. The highest BCUT2D eigenvalue weighted by atomic mass is 79.9. The lowest BCUT2D eigenvalue weighted by molar-refractivity contribution is 0.427. The Morgan fingerprint density at radius 2 is 2.11 bits per heavy atom. The molecule has 0 aliphatic rings. The minimum absolute atomic E-state index is 0.0533. The van der Waals surface area contributed by atoms with Crippen molar-refractivity contribution in [3.05, 3.63) is 52.4 Å². The van der Waals surface area contributed by atoms with Crippen LogP contribution in [0.15, 0.2) is 40.9 Å².